The highest BCUT2D eigenvalue weighted by Gasteiger charge is 2.20. The van der Waals surface area contributed by atoms with Gasteiger partial charge >= 0.3 is 5.97 Å². The normalized spacial score (nSPS) is 11.6. The molecule has 1 heterocycles. The molecule has 31 heavy (non-hydrogen) atoms. The van der Waals surface area contributed by atoms with Crippen LogP contribution in [0.2, 0.25) is 5.02 Å². The van der Waals surface area contributed by atoms with Crippen molar-refractivity contribution >= 4 is 23.5 Å². The van der Waals surface area contributed by atoms with Crippen LogP contribution in [0.25, 0.3) is 11.4 Å². The van der Waals surface area contributed by atoms with Crippen LogP contribution in [-0.2, 0) is 20.9 Å². The van der Waals surface area contributed by atoms with E-state index in [1.165, 1.54) is 4.80 Å². The van der Waals surface area contributed by atoms with Gasteiger partial charge in [-0.2, -0.15) is 4.80 Å². The zero-order chi connectivity index (χ0) is 22.2. The highest BCUT2D eigenvalue weighted by molar-refractivity contribution is 6.30. The van der Waals surface area contributed by atoms with Gasteiger partial charge in [0.1, 0.15) is 12.3 Å². The second-order valence-electron chi connectivity index (χ2n) is 6.55. The first-order chi connectivity index (χ1) is 15.0. The Morgan fingerprint density at radius 1 is 1.13 bits per heavy atom. The third-order valence-corrected chi connectivity index (χ3v) is 4.62. The molecule has 1 N–H and O–H groups in total. The molecule has 0 fully saturated rings. The number of hydrogen-bond donors (Lipinski definition) is 1. The molecule has 10 heteroatoms. The van der Waals surface area contributed by atoms with E-state index < -0.39 is 12.0 Å². The molecule has 3 aromatic rings. The van der Waals surface area contributed by atoms with Crippen molar-refractivity contribution in [2.75, 3.05) is 13.7 Å². The minimum Gasteiger partial charge on any atom is -0.497 e. The van der Waals surface area contributed by atoms with Crippen LogP contribution < -0.4 is 10.1 Å². The zero-order valence-electron chi connectivity index (χ0n) is 17.1. The summed E-state index contributed by atoms with van der Waals surface area (Å²) in [6, 6.07) is 13.5. The summed E-state index contributed by atoms with van der Waals surface area (Å²) in [5.41, 5.74) is 1.48. The number of benzene rings is 2. The van der Waals surface area contributed by atoms with Gasteiger partial charge in [0.25, 0.3) is 0 Å². The lowest BCUT2D eigenvalue weighted by Crippen LogP contribution is -2.33. The molecule has 2 aromatic carbocycles. The summed E-state index contributed by atoms with van der Waals surface area (Å²) in [6.07, 6.45) is -0.00722. The Hall–Kier alpha value is -3.46. The lowest BCUT2D eigenvalue weighted by Gasteiger charge is -2.18. The number of esters is 1. The van der Waals surface area contributed by atoms with E-state index in [1.807, 2.05) is 0 Å². The molecular formula is C21H22ClN5O4. The quantitative estimate of drug-likeness (QED) is 0.506. The molecule has 0 saturated carbocycles. The molecule has 0 spiro atoms. The topological polar surface area (TPSA) is 108 Å². The highest BCUT2D eigenvalue weighted by atomic mass is 35.5. The number of ether oxygens (including phenoxy) is 2. The Labute approximate surface area is 184 Å². The molecule has 0 saturated heterocycles. The van der Waals surface area contributed by atoms with Crippen molar-refractivity contribution in [2.24, 2.45) is 0 Å². The maximum Gasteiger partial charge on any atom is 0.308 e. The number of amides is 1. The number of nitrogens with zero attached hydrogens (tertiary/aromatic N) is 4. The standard InChI is InChI=1S/C21H22ClN5O4/c1-3-31-20(29)12-18(14-6-10-17(30-2)11-7-14)23-19(28)13-27-25-21(24-26-27)15-4-8-16(22)9-5-15/h4-11,18H,3,12-13H2,1-2H3,(H,23,28)/t18-/m0/s1. The summed E-state index contributed by atoms with van der Waals surface area (Å²) in [5.74, 6) is 0.270. The van der Waals surface area contributed by atoms with Crippen LogP contribution >= 0.6 is 11.6 Å². The lowest BCUT2D eigenvalue weighted by atomic mass is 10.0. The van der Waals surface area contributed by atoms with Crippen molar-refractivity contribution < 1.29 is 19.1 Å². The second-order valence-corrected chi connectivity index (χ2v) is 6.99. The molecule has 1 atom stereocenters. The van der Waals surface area contributed by atoms with Gasteiger partial charge in [0, 0.05) is 10.6 Å². The first-order valence-electron chi connectivity index (χ1n) is 9.61. The van der Waals surface area contributed by atoms with Gasteiger partial charge in [-0.3, -0.25) is 9.59 Å². The maximum atomic E-state index is 12.6. The first kappa shape index (κ1) is 22.2. The molecule has 0 aliphatic rings. The van der Waals surface area contributed by atoms with Gasteiger partial charge in [-0.1, -0.05) is 23.7 Å². The van der Waals surface area contributed by atoms with E-state index >= 15 is 0 Å². The van der Waals surface area contributed by atoms with E-state index in [0.717, 1.165) is 11.1 Å². The van der Waals surface area contributed by atoms with Gasteiger partial charge in [0.05, 0.1) is 26.2 Å². The smallest absolute Gasteiger partial charge is 0.308 e. The average Bonchev–Trinajstić information content (AvgIpc) is 3.22. The number of hydrogen-bond acceptors (Lipinski definition) is 7. The van der Waals surface area contributed by atoms with Crippen molar-refractivity contribution in [3.05, 3.63) is 59.1 Å². The van der Waals surface area contributed by atoms with Crippen LogP contribution in [0.3, 0.4) is 0 Å². The predicted molar refractivity (Wildman–Crippen MR) is 113 cm³/mol. The van der Waals surface area contributed by atoms with Gasteiger partial charge < -0.3 is 14.8 Å². The zero-order valence-corrected chi connectivity index (χ0v) is 17.9. The number of carbonyl (C=O) groups excluding carboxylic acids is 2. The summed E-state index contributed by atoms with van der Waals surface area (Å²) in [7, 11) is 1.57. The maximum absolute atomic E-state index is 12.6. The van der Waals surface area contributed by atoms with E-state index in [0.29, 0.717) is 16.6 Å². The fourth-order valence-electron chi connectivity index (χ4n) is 2.87. The van der Waals surface area contributed by atoms with Crippen molar-refractivity contribution in [2.45, 2.75) is 25.9 Å². The highest BCUT2D eigenvalue weighted by Crippen LogP contribution is 2.21. The Bertz CT molecular complexity index is 1020. The van der Waals surface area contributed by atoms with Crippen LogP contribution in [0, 0.1) is 0 Å². The van der Waals surface area contributed by atoms with Crippen LogP contribution in [0.15, 0.2) is 48.5 Å². The van der Waals surface area contributed by atoms with Crippen LogP contribution in [0.4, 0.5) is 0 Å². The minimum absolute atomic E-state index is 0.00722. The molecule has 1 amide bonds. The van der Waals surface area contributed by atoms with Crippen LogP contribution in [0.5, 0.6) is 5.75 Å². The van der Waals surface area contributed by atoms with E-state index in [2.05, 4.69) is 20.7 Å². The van der Waals surface area contributed by atoms with E-state index in [1.54, 1.807) is 62.6 Å². The summed E-state index contributed by atoms with van der Waals surface area (Å²) >= 11 is 5.89. The Kier molecular flexibility index (Phi) is 7.55. The predicted octanol–water partition coefficient (Wildman–Crippen LogP) is 2.81. The summed E-state index contributed by atoms with van der Waals surface area (Å²) in [6.45, 7) is 1.84. The summed E-state index contributed by atoms with van der Waals surface area (Å²) < 4.78 is 10.2. The Morgan fingerprint density at radius 3 is 2.48 bits per heavy atom. The van der Waals surface area contributed by atoms with Gasteiger partial charge in [-0.25, -0.2) is 0 Å². The van der Waals surface area contributed by atoms with Gasteiger partial charge in [-0.15, -0.1) is 10.2 Å². The number of tetrazole rings is 1. The van der Waals surface area contributed by atoms with Crippen molar-refractivity contribution in [1.29, 1.82) is 0 Å². The molecule has 3 rings (SSSR count). The number of methoxy groups -OCH3 is 1. The largest absolute Gasteiger partial charge is 0.497 e. The molecule has 0 bridgehead atoms. The molecule has 0 aliphatic heterocycles. The monoisotopic (exact) mass is 443 g/mol. The third-order valence-electron chi connectivity index (χ3n) is 4.37. The number of rotatable bonds is 9. The number of halogens is 1. The molecule has 0 radical (unpaired) electrons. The van der Waals surface area contributed by atoms with E-state index in [4.69, 9.17) is 21.1 Å². The number of carbonyl (C=O) groups is 2. The van der Waals surface area contributed by atoms with Gasteiger partial charge in [-0.05, 0) is 54.1 Å². The van der Waals surface area contributed by atoms with Crippen LogP contribution in [0.1, 0.15) is 24.9 Å². The Balaban J connectivity index is 1.69. The van der Waals surface area contributed by atoms with Crippen molar-refractivity contribution in [1.82, 2.24) is 25.5 Å². The van der Waals surface area contributed by atoms with Gasteiger partial charge in [0.15, 0.2) is 0 Å². The van der Waals surface area contributed by atoms with Gasteiger partial charge in [0.2, 0.25) is 11.7 Å². The summed E-state index contributed by atoms with van der Waals surface area (Å²) in [4.78, 5) is 25.8. The second kappa shape index (κ2) is 10.5. The lowest BCUT2D eigenvalue weighted by molar-refractivity contribution is -0.143. The average molecular weight is 444 g/mol. The fourth-order valence-corrected chi connectivity index (χ4v) is 2.99. The van der Waals surface area contributed by atoms with E-state index in [-0.39, 0.29) is 25.5 Å². The van der Waals surface area contributed by atoms with Crippen molar-refractivity contribution in [3.8, 4) is 17.1 Å². The minimum atomic E-state index is -0.572. The summed E-state index contributed by atoms with van der Waals surface area (Å²) in [5, 5.41) is 15.6. The molecule has 9 nitrogen and oxygen atoms in total. The van der Waals surface area contributed by atoms with Crippen LogP contribution in [-0.4, -0.2) is 45.8 Å². The fraction of sp³-hybridized carbons (Fsp3) is 0.286. The first-order valence-corrected chi connectivity index (χ1v) is 9.99. The molecule has 1 aromatic heterocycles. The number of nitrogens with one attached hydrogen (secondary N) is 1. The molecule has 0 aliphatic carbocycles. The Morgan fingerprint density at radius 2 is 1.84 bits per heavy atom. The van der Waals surface area contributed by atoms with E-state index in [9.17, 15) is 9.59 Å². The van der Waals surface area contributed by atoms with Crippen molar-refractivity contribution in [3.63, 3.8) is 0 Å². The third kappa shape index (κ3) is 6.26. The molecular weight excluding hydrogens is 422 g/mol. The molecule has 162 valence electrons. The SMILES string of the molecule is CCOC(=O)C[C@H](NC(=O)Cn1nnc(-c2ccc(Cl)cc2)n1)c1ccc(OC)cc1. The molecule has 0 unspecified atom stereocenters. The number of aromatic nitrogens is 4.